The van der Waals surface area contributed by atoms with Crippen LogP contribution in [0.25, 0.3) is 0 Å². The fourth-order valence-electron chi connectivity index (χ4n) is 3.43. The van der Waals surface area contributed by atoms with Crippen LogP contribution in [0.3, 0.4) is 0 Å². The summed E-state index contributed by atoms with van der Waals surface area (Å²) in [6.07, 6.45) is 9.71. The van der Waals surface area contributed by atoms with Crippen LogP contribution < -0.4 is 0 Å². The Bertz CT molecular complexity index is 700. The minimum atomic E-state index is -0.868. The van der Waals surface area contributed by atoms with E-state index in [2.05, 4.69) is 27.3 Å². The van der Waals surface area contributed by atoms with Gasteiger partial charge in [0.15, 0.2) is 5.82 Å². The molecule has 118 valence electrons. The summed E-state index contributed by atoms with van der Waals surface area (Å²) >= 11 is 0.877. The molecule has 2 aromatic rings. The zero-order valence-corrected chi connectivity index (χ0v) is 14.4. The highest BCUT2D eigenvalue weighted by Crippen LogP contribution is 2.50. The van der Waals surface area contributed by atoms with Crippen LogP contribution in [0, 0.1) is 12.8 Å². The molecular formula is C16H21N3OS2. The van der Waals surface area contributed by atoms with E-state index in [1.165, 1.54) is 29.7 Å². The number of aromatic nitrogens is 2. The third kappa shape index (κ3) is 2.43. The third-order valence-corrected chi connectivity index (χ3v) is 7.93. The maximum Gasteiger partial charge on any atom is 0.162 e. The van der Waals surface area contributed by atoms with Crippen molar-refractivity contribution in [2.75, 3.05) is 0 Å². The van der Waals surface area contributed by atoms with E-state index in [0.29, 0.717) is 5.92 Å². The second-order valence-electron chi connectivity index (χ2n) is 6.13. The SMILES string of the molecule is Cc1cc(C2=Nc3cncn3[SH]2C(O)C2CCCCC2)cs1. The van der Waals surface area contributed by atoms with Gasteiger partial charge in [-0.05, 0) is 31.7 Å². The Morgan fingerprint density at radius 2 is 2.18 bits per heavy atom. The molecule has 2 aliphatic rings. The summed E-state index contributed by atoms with van der Waals surface area (Å²) in [4.78, 5) is 10.3. The summed E-state index contributed by atoms with van der Waals surface area (Å²) in [5, 5.41) is 14.3. The number of aryl methyl sites for hydroxylation is 1. The van der Waals surface area contributed by atoms with Crippen LogP contribution in [0.5, 0.6) is 0 Å². The standard InChI is InChI=1S/C16H21N3OS2/c1-11-7-13(9-21-11)15-18-14-8-17-10-19(14)22(15)16(20)12-5-3-2-4-6-12/h7-10,12,16,20,22H,2-6H2,1H3. The summed E-state index contributed by atoms with van der Waals surface area (Å²) in [6.45, 7) is 2.12. The molecular weight excluding hydrogens is 314 g/mol. The molecule has 4 rings (SSSR count). The van der Waals surface area contributed by atoms with E-state index in [0.717, 1.165) is 23.7 Å². The zero-order valence-electron chi connectivity index (χ0n) is 12.6. The van der Waals surface area contributed by atoms with Gasteiger partial charge < -0.3 is 5.11 Å². The van der Waals surface area contributed by atoms with Crippen LogP contribution in [-0.4, -0.2) is 24.5 Å². The van der Waals surface area contributed by atoms with Crippen molar-refractivity contribution in [1.29, 1.82) is 0 Å². The molecule has 3 heterocycles. The van der Waals surface area contributed by atoms with Gasteiger partial charge in [-0.15, -0.1) is 11.3 Å². The highest BCUT2D eigenvalue weighted by molar-refractivity contribution is 8.29. The summed E-state index contributed by atoms with van der Waals surface area (Å²) in [5.74, 6) is 1.29. The van der Waals surface area contributed by atoms with Crippen LogP contribution in [0.2, 0.25) is 0 Å². The minimum absolute atomic E-state index is 0.315. The van der Waals surface area contributed by atoms with Gasteiger partial charge in [0.25, 0.3) is 0 Å². The zero-order chi connectivity index (χ0) is 15.1. The van der Waals surface area contributed by atoms with Gasteiger partial charge in [-0.1, -0.05) is 30.3 Å². The fourth-order valence-corrected chi connectivity index (χ4v) is 6.70. The van der Waals surface area contributed by atoms with Gasteiger partial charge >= 0.3 is 0 Å². The summed E-state index contributed by atoms with van der Waals surface area (Å²) in [5.41, 5.74) is 0.858. The number of aliphatic imine (C=N–C) groups is 1. The van der Waals surface area contributed by atoms with E-state index in [1.54, 1.807) is 17.5 Å². The Morgan fingerprint density at radius 1 is 1.36 bits per heavy atom. The highest BCUT2D eigenvalue weighted by atomic mass is 32.2. The molecule has 6 heteroatoms. The van der Waals surface area contributed by atoms with Gasteiger partial charge in [0, 0.05) is 15.8 Å². The van der Waals surface area contributed by atoms with Crippen molar-refractivity contribution in [3.8, 4) is 0 Å². The number of hydrogen-bond donors (Lipinski definition) is 2. The summed E-state index contributed by atoms with van der Waals surface area (Å²) < 4.78 is 2.11. The quantitative estimate of drug-likeness (QED) is 0.833. The lowest BCUT2D eigenvalue weighted by Crippen LogP contribution is -2.27. The Kier molecular flexibility index (Phi) is 3.84. The number of fused-ring (bicyclic) bond motifs is 1. The molecule has 1 N–H and O–H groups in total. The number of imidazole rings is 1. The molecule has 2 atom stereocenters. The topological polar surface area (TPSA) is 50.4 Å². The molecule has 1 aliphatic carbocycles. The van der Waals surface area contributed by atoms with Crippen molar-refractivity contribution in [2.24, 2.45) is 10.9 Å². The van der Waals surface area contributed by atoms with Crippen LogP contribution in [0.1, 0.15) is 42.5 Å². The number of nitrogens with zero attached hydrogens (tertiary/aromatic N) is 3. The number of aliphatic hydroxyl groups excluding tert-OH is 1. The molecule has 0 spiro atoms. The average Bonchev–Trinajstić information content (AvgIpc) is 3.22. The van der Waals surface area contributed by atoms with E-state index in [1.807, 2.05) is 6.33 Å². The molecule has 0 amide bonds. The van der Waals surface area contributed by atoms with Crippen molar-refractivity contribution in [2.45, 2.75) is 44.5 Å². The molecule has 2 unspecified atom stereocenters. The number of rotatable bonds is 3. The molecule has 0 aromatic carbocycles. The Balaban J connectivity index is 1.69. The second-order valence-corrected chi connectivity index (χ2v) is 9.32. The molecule has 1 aliphatic heterocycles. The Hall–Kier alpha value is -1.11. The van der Waals surface area contributed by atoms with E-state index in [4.69, 9.17) is 4.99 Å². The van der Waals surface area contributed by atoms with Gasteiger partial charge in [0.05, 0.1) is 6.20 Å². The van der Waals surface area contributed by atoms with Gasteiger partial charge in [0.1, 0.15) is 16.8 Å². The van der Waals surface area contributed by atoms with Crippen molar-refractivity contribution < 1.29 is 5.11 Å². The van der Waals surface area contributed by atoms with Crippen molar-refractivity contribution in [1.82, 2.24) is 8.96 Å². The van der Waals surface area contributed by atoms with Crippen LogP contribution in [-0.2, 0) is 0 Å². The fraction of sp³-hybridized carbons (Fsp3) is 0.500. The van der Waals surface area contributed by atoms with Gasteiger partial charge in [-0.2, -0.15) is 0 Å². The van der Waals surface area contributed by atoms with E-state index in [9.17, 15) is 5.11 Å². The summed E-state index contributed by atoms with van der Waals surface area (Å²) in [6, 6.07) is 2.19. The minimum Gasteiger partial charge on any atom is -0.382 e. The third-order valence-electron chi connectivity index (χ3n) is 4.58. The normalized spacial score (nSPS) is 25.0. The van der Waals surface area contributed by atoms with Crippen LogP contribution >= 0.6 is 22.4 Å². The van der Waals surface area contributed by atoms with E-state index < -0.39 is 11.1 Å². The lowest BCUT2D eigenvalue weighted by Gasteiger charge is -2.34. The molecule has 1 fully saturated rings. The molecule has 0 radical (unpaired) electrons. The first-order valence-electron chi connectivity index (χ1n) is 7.88. The van der Waals surface area contributed by atoms with Crippen LogP contribution in [0.4, 0.5) is 5.82 Å². The molecule has 22 heavy (non-hydrogen) atoms. The van der Waals surface area contributed by atoms with Crippen molar-refractivity contribution in [3.05, 3.63) is 34.4 Å². The predicted molar refractivity (Wildman–Crippen MR) is 94.4 cm³/mol. The Morgan fingerprint density at radius 3 is 2.91 bits per heavy atom. The van der Waals surface area contributed by atoms with Crippen molar-refractivity contribution >= 4 is 33.3 Å². The predicted octanol–water partition coefficient (Wildman–Crippen LogP) is 4.01. The van der Waals surface area contributed by atoms with E-state index >= 15 is 0 Å². The maximum atomic E-state index is 11.1. The molecule has 0 saturated heterocycles. The van der Waals surface area contributed by atoms with Gasteiger partial charge in [-0.25, -0.2) is 9.98 Å². The first kappa shape index (κ1) is 14.5. The smallest absolute Gasteiger partial charge is 0.162 e. The van der Waals surface area contributed by atoms with E-state index in [-0.39, 0.29) is 5.44 Å². The number of hydrogen-bond acceptors (Lipinski definition) is 4. The lowest BCUT2D eigenvalue weighted by atomic mass is 9.90. The second kappa shape index (κ2) is 5.83. The molecule has 1 saturated carbocycles. The lowest BCUT2D eigenvalue weighted by molar-refractivity contribution is 0.158. The number of thiophene rings is 1. The number of aliphatic hydroxyl groups is 1. The molecule has 0 bridgehead atoms. The largest absolute Gasteiger partial charge is 0.382 e. The summed E-state index contributed by atoms with van der Waals surface area (Å²) in [7, 11) is 0. The average molecular weight is 335 g/mol. The van der Waals surface area contributed by atoms with Crippen molar-refractivity contribution in [3.63, 3.8) is 0 Å². The number of thiol groups is 1. The maximum absolute atomic E-state index is 11.1. The van der Waals surface area contributed by atoms with Gasteiger partial charge in [-0.3, -0.25) is 3.97 Å². The monoisotopic (exact) mass is 335 g/mol. The Labute approximate surface area is 137 Å². The first-order chi connectivity index (χ1) is 10.7. The van der Waals surface area contributed by atoms with Crippen LogP contribution in [0.15, 0.2) is 29.0 Å². The highest BCUT2D eigenvalue weighted by Gasteiger charge is 2.35. The first-order valence-corrected chi connectivity index (χ1v) is 10.1. The molecule has 2 aromatic heterocycles. The van der Waals surface area contributed by atoms with Gasteiger partial charge in [0.2, 0.25) is 0 Å². The molecule has 4 nitrogen and oxygen atoms in total.